The zero-order valence-corrected chi connectivity index (χ0v) is 11.8. The Bertz CT molecular complexity index is 516. The van der Waals surface area contributed by atoms with Gasteiger partial charge >= 0.3 is 0 Å². The summed E-state index contributed by atoms with van der Waals surface area (Å²) in [6.07, 6.45) is 0.934. The first-order chi connectivity index (χ1) is 9.24. The first-order valence-electron chi connectivity index (χ1n) is 6.91. The highest BCUT2D eigenvalue weighted by Gasteiger charge is 2.07. The molecule has 2 aromatic rings. The summed E-state index contributed by atoms with van der Waals surface area (Å²) >= 11 is 0. The van der Waals surface area contributed by atoms with Crippen LogP contribution < -0.4 is 10.6 Å². The molecule has 0 saturated heterocycles. The molecule has 19 heavy (non-hydrogen) atoms. The normalized spacial score (nSPS) is 10.4. The van der Waals surface area contributed by atoms with Crippen molar-refractivity contribution < 1.29 is 0 Å². The topological polar surface area (TPSA) is 29.3 Å². The van der Waals surface area contributed by atoms with E-state index in [4.69, 9.17) is 5.73 Å². The van der Waals surface area contributed by atoms with Crippen LogP contribution >= 0.6 is 0 Å². The fraction of sp³-hybridized carbons (Fsp3) is 0.294. The van der Waals surface area contributed by atoms with Gasteiger partial charge in [0.25, 0.3) is 0 Å². The van der Waals surface area contributed by atoms with E-state index in [1.54, 1.807) is 0 Å². The van der Waals surface area contributed by atoms with E-state index in [0.29, 0.717) is 0 Å². The number of nitrogens with two attached hydrogens (primary N) is 1. The Balaban J connectivity index is 2.19. The third-order valence-corrected chi connectivity index (χ3v) is 3.45. The van der Waals surface area contributed by atoms with Crippen LogP contribution in [0.5, 0.6) is 0 Å². The summed E-state index contributed by atoms with van der Waals surface area (Å²) in [5, 5.41) is 0. The van der Waals surface area contributed by atoms with Crippen LogP contribution in [0.25, 0.3) is 0 Å². The molecule has 2 nitrogen and oxygen atoms in total. The van der Waals surface area contributed by atoms with Gasteiger partial charge < -0.3 is 10.6 Å². The van der Waals surface area contributed by atoms with Crippen LogP contribution in [0.1, 0.15) is 25.0 Å². The van der Waals surface area contributed by atoms with Gasteiger partial charge in [0.15, 0.2) is 0 Å². The lowest BCUT2D eigenvalue weighted by molar-refractivity contribution is 0.867. The van der Waals surface area contributed by atoms with Crippen molar-refractivity contribution in [1.29, 1.82) is 0 Å². The number of benzene rings is 2. The maximum Gasteiger partial charge on any atom is 0.0599 e. The lowest BCUT2D eigenvalue weighted by Crippen LogP contribution is -2.22. The minimum absolute atomic E-state index is 0.872. The summed E-state index contributed by atoms with van der Waals surface area (Å²) in [6, 6.07) is 16.9. The minimum Gasteiger partial charge on any atom is -0.397 e. The average Bonchev–Trinajstić information content (AvgIpc) is 2.43. The van der Waals surface area contributed by atoms with Gasteiger partial charge in [0, 0.05) is 13.1 Å². The second kappa shape index (κ2) is 6.28. The highest BCUT2D eigenvalue weighted by molar-refractivity contribution is 5.68. The summed E-state index contributed by atoms with van der Waals surface area (Å²) in [5.41, 5.74) is 10.8. The van der Waals surface area contributed by atoms with Gasteiger partial charge in [0.2, 0.25) is 0 Å². The van der Waals surface area contributed by atoms with E-state index in [-0.39, 0.29) is 0 Å². The highest BCUT2D eigenvalue weighted by Crippen LogP contribution is 2.25. The lowest BCUT2D eigenvalue weighted by Gasteiger charge is -2.23. The molecule has 100 valence electrons. The van der Waals surface area contributed by atoms with Gasteiger partial charge in [-0.15, -0.1) is 0 Å². The van der Waals surface area contributed by atoms with E-state index in [1.165, 1.54) is 11.1 Å². The number of rotatable bonds is 5. The van der Waals surface area contributed by atoms with Crippen molar-refractivity contribution in [3.63, 3.8) is 0 Å². The molecule has 2 rings (SSSR count). The van der Waals surface area contributed by atoms with Crippen LogP contribution in [-0.2, 0) is 6.42 Å². The first-order valence-corrected chi connectivity index (χ1v) is 6.91. The summed E-state index contributed by atoms with van der Waals surface area (Å²) in [6.45, 7) is 6.28. The number of nitrogens with zero attached hydrogens (tertiary/aromatic N) is 1. The molecule has 2 N–H and O–H groups in total. The molecule has 0 unspecified atom stereocenters. The smallest absolute Gasteiger partial charge is 0.0599 e. The third-order valence-electron chi connectivity index (χ3n) is 3.45. The number of hydrogen-bond donors (Lipinski definition) is 1. The lowest BCUT2D eigenvalue weighted by atomic mass is 10.0. The Morgan fingerprint density at radius 1 is 0.895 bits per heavy atom. The predicted octanol–water partition coefficient (Wildman–Crippen LogP) is 3.71. The van der Waals surface area contributed by atoms with Crippen LogP contribution in [0, 0.1) is 0 Å². The first kappa shape index (κ1) is 13.5. The fourth-order valence-corrected chi connectivity index (χ4v) is 2.40. The molecule has 0 bridgehead atoms. The van der Waals surface area contributed by atoms with Crippen molar-refractivity contribution in [2.45, 2.75) is 20.3 Å². The molecule has 0 fully saturated rings. The van der Waals surface area contributed by atoms with E-state index in [9.17, 15) is 0 Å². The monoisotopic (exact) mass is 254 g/mol. The van der Waals surface area contributed by atoms with Crippen molar-refractivity contribution in [2.24, 2.45) is 0 Å². The van der Waals surface area contributed by atoms with Crippen molar-refractivity contribution in [2.75, 3.05) is 23.7 Å². The summed E-state index contributed by atoms with van der Waals surface area (Å²) < 4.78 is 0. The molecule has 0 amide bonds. The highest BCUT2D eigenvalue weighted by atomic mass is 15.1. The minimum atomic E-state index is 0.872. The largest absolute Gasteiger partial charge is 0.397 e. The predicted molar refractivity (Wildman–Crippen MR) is 83.7 cm³/mol. The molecule has 0 aliphatic carbocycles. The zero-order valence-electron chi connectivity index (χ0n) is 11.8. The Labute approximate surface area is 115 Å². The quantitative estimate of drug-likeness (QED) is 0.824. The standard InChI is InChI=1S/C17H22N2/c1-3-19(4-2)17-11-10-15(13-16(17)18)12-14-8-6-5-7-9-14/h5-11,13H,3-4,12,18H2,1-2H3. The van der Waals surface area contributed by atoms with Crippen molar-refractivity contribution in [3.8, 4) is 0 Å². The molecule has 0 aliphatic rings. The Kier molecular flexibility index (Phi) is 4.45. The van der Waals surface area contributed by atoms with Crippen LogP contribution in [0.15, 0.2) is 48.5 Å². The maximum atomic E-state index is 6.19. The molecule has 0 spiro atoms. The molecular weight excluding hydrogens is 232 g/mol. The van der Waals surface area contributed by atoms with E-state index in [2.05, 4.69) is 61.2 Å². The van der Waals surface area contributed by atoms with Crippen LogP contribution in [0.2, 0.25) is 0 Å². The van der Waals surface area contributed by atoms with Gasteiger partial charge in [-0.25, -0.2) is 0 Å². The van der Waals surface area contributed by atoms with E-state index in [0.717, 1.165) is 30.9 Å². The summed E-state index contributed by atoms with van der Waals surface area (Å²) in [7, 11) is 0. The second-order valence-electron chi connectivity index (χ2n) is 4.73. The molecule has 0 aromatic heterocycles. The van der Waals surface area contributed by atoms with Gasteiger partial charge in [-0.05, 0) is 43.5 Å². The van der Waals surface area contributed by atoms with Crippen LogP contribution in [-0.4, -0.2) is 13.1 Å². The Morgan fingerprint density at radius 3 is 2.16 bits per heavy atom. The zero-order chi connectivity index (χ0) is 13.7. The molecule has 0 saturated carbocycles. The van der Waals surface area contributed by atoms with Gasteiger partial charge in [-0.3, -0.25) is 0 Å². The fourth-order valence-electron chi connectivity index (χ4n) is 2.40. The van der Waals surface area contributed by atoms with Crippen molar-refractivity contribution >= 4 is 11.4 Å². The molecule has 0 aliphatic heterocycles. The SMILES string of the molecule is CCN(CC)c1ccc(Cc2ccccc2)cc1N. The molecule has 0 atom stereocenters. The van der Waals surface area contributed by atoms with E-state index < -0.39 is 0 Å². The third kappa shape index (κ3) is 3.28. The molecule has 0 heterocycles. The maximum absolute atomic E-state index is 6.19. The van der Waals surface area contributed by atoms with E-state index in [1.807, 2.05) is 6.07 Å². The Morgan fingerprint density at radius 2 is 1.58 bits per heavy atom. The average molecular weight is 254 g/mol. The van der Waals surface area contributed by atoms with Crippen LogP contribution in [0.4, 0.5) is 11.4 Å². The Hall–Kier alpha value is -1.96. The molecular formula is C17H22N2. The summed E-state index contributed by atoms with van der Waals surface area (Å²) in [5.74, 6) is 0. The van der Waals surface area contributed by atoms with Gasteiger partial charge in [-0.1, -0.05) is 36.4 Å². The van der Waals surface area contributed by atoms with Crippen molar-refractivity contribution in [3.05, 3.63) is 59.7 Å². The van der Waals surface area contributed by atoms with Crippen molar-refractivity contribution in [1.82, 2.24) is 0 Å². The van der Waals surface area contributed by atoms with E-state index >= 15 is 0 Å². The van der Waals surface area contributed by atoms with Gasteiger partial charge in [-0.2, -0.15) is 0 Å². The van der Waals surface area contributed by atoms with Gasteiger partial charge in [0.1, 0.15) is 0 Å². The number of anilines is 2. The number of nitrogen functional groups attached to an aromatic ring is 1. The number of hydrogen-bond acceptors (Lipinski definition) is 2. The molecule has 0 radical (unpaired) electrons. The van der Waals surface area contributed by atoms with Gasteiger partial charge in [0.05, 0.1) is 11.4 Å². The van der Waals surface area contributed by atoms with Crippen LogP contribution in [0.3, 0.4) is 0 Å². The molecule has 2 heteroatoms. The second-order valence-corrected chi connectivity index (χ2v) is 4.73. The summed E-state index contributed by atoms with van der Waals surface area (Å²) in [4.78, 5) is 2.28. The molecule has 2 aromatic carbocycles.